The van der Waals surface area contributed by atoms with Crippen LogP contribution in [0.25, 0.3) is 0 Å². The van der Waals surface area contributed by atoms with Gasteiger partial charge in [-0.1, -0.05) is 13.0 Å². The molecule has 1 saturated heterocycles. The monoisotopic (exact) mass is 322 g/mol. The second-order valence-corrected chi connectivity index (χ2v) is 8.70. The summed E-state index contributed by atoms with van der Waals surface area (Å²) in [7, 11) is -3.38. The lowest BCUT2D eigenvalue weighted by Crippen LogP contribution is -2.45. The zero-order valence-corrected chi connectivity index (χ0v) is 14.1. The molecule has 1 aliphatic carbocycles. The Morgan fingerprint density at radius 2 is 1.95 bits per heavy atom. The molecular weight excluding hydrogens is 296 g/mol. The first-order valence-corrected chi connectivity index (χ1v) is 9.78. The van der Waals surface area contributed by atoms with Crippen molar-refractivity contribution >= 4 is 10.0 Å². The number of hydrogen-bond donors (Lipinski definition) is 1. The maximum atomic E-state index is 12.9. The Morgan fingerprint density at radius 3 is 2.68 bits per heavy atom. The van der Waals surface area contributed by atoms with Gasteiger partial charge in [0.2, 0.25) is 10.0 Å². The summed E-state index contributed by atoms with van der Waals surface area (Å²) in [4.78, 5) is 0.457. The third-order valence-electron chi connectivity index (χ3n) is 5.34. The van der Waals surface area contributed by atoms with Crippen molar-refractivity contribution in [2.45, 2.75) is 43.9 Å². The summed E-state index contributed by atoms with van der Waals surface area (Å²) in [6.45, 7) is 3.88. The highest BCUT2D eigenvalue weighted by Crippen LogP contribution is 2.29. The van der Waals surface area contributed by atoms with E-state index in [1.807, 2.05) is 12.1 Å². The van der Waals surface area contributed by atoms with Crippen LogP contribution >= 0.6 is 0 Å². The van der Waals surface area contributed by atoms with E-state index in [0.717, 1.165) is 25.7 Å². The molecule has 1 fully saturated rings. The number of aryl methyl sites for hydroxylation is 2. The van der Waals surface area contributed by atoms with E-state index in [4.69, 9.17) is 5.73 Å². The van der Waals surface area contributed by atoms with E-state index in [0.29, 0.717) is 30.4 Å². The molecular formula is C17H26N2O2S. The van der Waals surface area contributed by atoms with Gasteiger partial charge in [-0.05, 0) is 73.7 Å². The van der Waals surface area contributed by atoms with Crippen LogP contribution in [-0.2, 0) is 22.9 Å². The Kier molecular flexibility index (Phi) is 4.57. The van der Waals surface area contributed by atoms with Gasteiger partial charge >= 0.3 is 0 Å². The summed E-state index contributed by atoms with van der Waals surface area (Å²) in [6.07, 6.45) is 5.34. The van der Waals surface area contributed by atoms with Gasteiger partial charge in [0.25, 0.3) is 0 Å². The molecule has 2 unspecified atom stereocenters. The lowest BCUT2D eigenvalue weighted by molar-refractivity contribution is 0.203. The van der Waals surface area contributed by atoms with Crippen molar-refractivity contribution in [3.63, 3.8) is 0 Å². The van der Waals surface area contributed by atoms with Crippen LogP contribution in [0, 0.1) is 11.8 Å². The fourth-order valence-electron chi connectivity index (χ4n) is 3.66. The summed E-state index contributed by atoms with van der Waals surface area (Å²) < 4.78 is 27.5. The molecule has 1 aliphatic heterocycles. The van der Waals surface area contributed by atoms with E-state index in [-0.39, 0.29) is 5.92 Å². The van der Waals surface area contributed by atoms with Crippen molar-refractivity contribution < 1.29 is 8.42 Å². The molecule has 2 atom stereocenters. The normalized spacial score (nSPS) is 26.6. The molecule has 0 saturated carbocycles. The van der Waals surface area contributed by atoms with Crippen LogP contribution in [0.1, 0.15) is 37.3 Å². The molecule has 1 heterocycles. The highest BCUT2D eigenvalue weighted by atomic mass is 32.2. The molecule has 2 aliphatic rings. The summed E-state index contributed by atoms with van der Waals surface area (Å²) in [5, 5.41) is 0. The Bertz CT molecular complexity index is 642. The minimum absolute atomic E-state index is 0.265. The van der Waals surface area contributed by atoms with Gasteiger partial charge in [0.15, 0.2) is 0 Å². The topological polar surface area (TPSA) is 63.4 Å². The minimum atomic E-state index is -3.38. The lowest BCUT2D eigenvalue weighted by Gasteiger charge is -2.35. The van der Waals surface area contributed by atoms with Crippen LogP contribution in [0.5, 0.6) is 0 Å². The van der Waals surface area contributed by atoms with E-state index in [9.17, 15) is 8.42 Å². The average molecular weight is 322 g/mol. The summed E-state index contributed by atoms with van der Waals surface area (Å²) >= 11 is 0. The molecule has 5 heteroatoms. The van der Waals surface area contributed by atoms with Crippen molar-refractivity contribution in [3.8, 4) is 0 Å². The number of sulfonamides is 1. The number of fused-ring (bicyclic) bond motifs is 1. The fraction of sp³-hybridized carbons (Fsp3) is 0.647. The van der Waals surface area contributed by atoms with Crippen LogP contribution in [0.3, 0.4) is 0 Å². The molecule has 1 aromatic rings. The molecule has 1 aromatic carbocycles. The zero-order valence-electron chi connectivity index (χ0n) is 13.3. The molecule has 4 nitrogen and oxygen atoms in total. The Balaban J connectivity index is 1.86. The number of nitrogens with zero attached hydrogens (tertiary/aromatic N) is 1. The average Bonchev–Trinajstić information content (AvgIpc) is 2.54. The molecule has 0 spiro atoms. The van der Waals surface area contributed by atoms with Gasteiger partial charge in [-0.3, -0.25) is 0 Å². The standard InChI is InChI=1S/C17H26N2O2S/c1-13-8-9-19(12-16(13)11-18)22(20,21)17-7-6-14-4-2-3-5-15(14)10-17/h6-7,10,13,16H,2-5,8-9,11-12,18H2,1H3. The maximum Gasteiger partial charge on any atom is 0.243 e. The van der Waals surface area contributed by atoms with Gasteiger partial charge in [-0.15, -0.1) is 0 Å². The van der Waals surface area contributed by atoms with Crippen LogP contribution in [0.15, 0.2) is 23.1 Å². The van der Waals surface area contributed by atoms with Gasteiger partial charge in [-0.2, -0.15) is 4.31 Å². The van der Waals surface area contributed by atoms with Gasteiger partial charge in [0.05, 0.1) is 4.90 Å². The Labute approximate surface area is 133 Å². The Morgan fingerprint density at radius 1 is 1.23 bits per heavy atom. The van der Waals surface area contributed by atoms with Gasteiger partial charge in [0, 0.05) is 13.1 Å². The second kappa shape index (κ2) is 6.30. The predicted molar refractivity (Wildman–Crippen MR) is 88.2 cm³/mol. The minimum Gasteiger partial charge on any atom is -0.330 e. The third-order valence-corrected chi connectivity index (χ3v) is 7.20. The Hall–Kier alpha value is -0.910. The molecule has 0 amide bonds. The highest BCUT2D eigenvalue weighted by molar-refractivity contribution is 7.89. The van der Waals surface area contributed by atoms with Gasteiger partial charge in [0.1, 0.15) is 0 Å². The first-order chi connectivity index (χ1) is 10.5. The van der Waals surface area contributed by atoms with E-state index < -0.39 is 10.0 Å². The largest absolute Gasteiger partial charge is 0.330 e. The molecule has 2 N–H and O–H groups in total. The fourth-order valence-corrected chi connectivity index (χ4v) is 5.22. The summed E-state index contributed by atoms with van der Waals surface area (Å²) in [5.41, 5.74) is 8.34. The molecule has 22 heavy (non-hydrogen) atoms. The van der Waals surface area contributed by atoms with Crippen molar-refractivity contribution in [2.24, 2.45) is 17.6 Å². The van der Waals surface area contributed by atoms with E-state index >= 15 is 0 Å². The second-order valence-electron chi connectivity index (χ2n) is 6.76. The molecule has 0 bridgehead atoms. The number of benzene rings is 1. The SMILES string of the molecule is CC1CCN(S(=O)(=O)c2ccc3c(c2)CCCC3)CC1CN. The first-order valence-electron chi connectivity index (χ1n) is 8.34. The zero-order chi connectivity index (χ0) is 15.7. The number of rotatable bonds is 3. The van der Waals surface area contributed by atoms with Crippen LogP contribution in [0.2, 0.25) is 0 Å². The van der Waals surface area contributed by atoms with E-state index in [1.54, 1.807) is 10.4 Å². The summed E-state index contributed by atoms with van der Waals surface area (Å²) in [6, 6.07) is 5.70. The van der Waals surface area contributed by atoms with Crippen LogP contribution in [-0.4, -0.2) is 32.4 Å². The number of hydrogen-bond acceptors (Lipinski definition) is 3. The van der Waals surface area contributed by atoms with Gasteiger partial charge < -0.3 is 5.73 Å². The van der Waals surface area contributed by atoms with Crippen molar-refractivity contribution in [1.82, 2.24) is 4.31 Å². The lowest BCUT2D eigenvalue weighted by atomic mass is 9.88. The first kappa shape index (κ1) is 16.0. The van der Waals surface area contributed by atoms with Crippen LogP contribution < -0.4 is 5.73 Å². The van der Waals surface area contributed by atoms with E-state index in [1.165, 1.54) is 17.5 Å². The molecule has 0 aromatic heterocycles. The van der Waals surface area contributed by atoms with Crippen LogP contribution in [0.4, 0.5) is 0 Å². The predicted octanol–water partition coefficient (Wildman–Crippen LogP) is 2.17. The third kappa shape index (κ3) is 2.94. The van der Waals surface area contributed by atoms with Crippen molar-refractivity contribution in [1.29, 1.82) is 0 Å². The quantitative estimate of drug-likeness (QED) is 0.927. The van der Waals surface area contributed by atoms with E-state index in [2.05, 4.69) is 6.92 Å². The van der Waals surface area contributed by atoms with Gasteiger partial charge in [-0.25, -0.2) is 8.42 Å². The maximum absolute atomic E-state index is 12.9. The number of piperidine rings is 1. The highest BCUT2D eigenvalue weighted by Gasteiger charge is 2.33. The van der Waals surface area contributed by atoms with Crippen molar-refractivity contribution in [2.75, 3.05) is 19.6 Å². The molecule has 122 valence electrons. The van der Waals surface area contributed by atoms with Crippen molar-refractivity contribution in [3.05, 3.63) is 29.3 Å². The summed E-state index contributed by atoms with van der Waals surface area (Å²) in [5.74, 6) is 0.765. The smallest absolute Gasteiger partial charge is 0.243 e. The molecule has 0 radical (unpaired) electrons. The molecule has 3 rings (SSSR count). The number of nitrogens with two attached hydrogens (primary N) is 1.